The maximum absolute atomic E-state index is 2.60. The molecule has 4 aliphatic carbocycles. The van der Waals surface area contributed by atoms with Gasteiger partial charge in [0.25, 0.3) is 0 Å². The SMILES string of the molecule is C1=C2Cc3cc4cc5cc6c7cc5cc4cc3CC[C@H]2Cc2cc3c(cc21)C=C(CC6)[C@@H](C3)C7. The van der Waals surface area contributed by atoms with Crippen LogP contribution < -0.4 is 0 Å². The molecule has 0 saturated heterocycles. The fraction of sp³-hybridized carbons (Fsp3) is 0.294. The minimum Gasteiger partial charge on any atom is -0.0655 e. The molecule has 0 aromatic heterocycles. The first kappa shape index (κ1) is 18.2. The minimum atomic E-state index is 0.666. The Hall–Kier alpha value is -3.12. The molecule has 0 N–H and O–H groups in total. The van der Waals surface area contributed by atoms with Gasteiger partial charge in [-0.15, -0.1) is 0 Å². The summed E-state index contributed by atoms with van der Waals surface area (Å²) in [6.45, 7) is 0. The van der Waals surface area contributed by atoms with E-state index in [1.54, 1.807) is 44.5 Å². The number of aryl methyl sites for hydroxylation is 2. The summed E-state index contributed by atoms with van der Waals surface area (Å²) in [5.41, 5.74) is 15.9. The van der Waals surface area contributed by atoms with Crippen molar-refractivity contribution in [3.05, 3.63) is 104 Å². The summed E-state index contributed by atoms with van der Waals surface area (Å²) < 4.78 is 0. The van der Waals surface area contributed by atoms with Crippen LogP contribution in [0, 0.1) is 11.8 Å². The molecule has 0 unspecified atom stereocenters. The highest BCUT2D eigenvalue weighted by Crippen LogP contribution is 2.43. The molecule has 0 heterocycles. The Balaban J connectivity index is 1.39. The molecule has 164 valence electrons. The predicted molar refractivity (Wildman–Crippen MR) is 142 cm³/mol. The number of fused-ring (bicyclic) bond motifs is 8. The molecule has 0 fully saturated rings. The van der Waals surface area contributed by atoms with Crippen molar-refractivity contribution in [3.8, 4) is 0 Å². The average molecular weight is 437 g/mol. The van der Waals surface area contributed by atoms with E-state index >= 15 is 0 Å². The fourth-order valence-corrected chi connectivity index (χ4v) is 7.95. The standard InChI is InChI=1S/C34H28/c1-2-20-6-28-16-34-14-26-10-25-13-33-15-27-5-19(1)23-9-24(20)12-32(28)18-30(34)8-22(26)4-3-21(25)7-29(33)17-31(27)11-23/h5-7,11,13-18,22,24H,1-4,8-10,12H2/t22-,24+/m0/s1. The number of hydrogen-bond acceptors (Lipinski definition) is 0. The fourth-order valence-electron chi connectivity index (χ4n) is 7.95. The van der Waals surface area contributed by atoms with Gasteiger partial charge in [0, 0.05) is 0 Å². The number of allylic oxidation sites excluding steroid dienone is 2. The molecule has 34 heavy (non-hydrogen) atoms. The van der Waals surface area contributed by atoms with E-state index < -0.39 is 0 Å². The van der Waals surface area contributed by atoms with Crippen LogP contribution in [0.25, 0.3) is 33.7 Å². The number of benzene rings is 4. The van der Waals surface area contributed by atoms with Gasteiger partial charge in [0.2, 0.25) is 0 Å². The van der Waals surface area contributed by atoms with E-state index in [1.165, 1.54) is 77.6 Å². The van der Waals surface area contributed by atoms with Gasteiger partial charge >= 0.3 is 0 Å². The molecular weight excluding hydrogens is 408 g/mol. The van der Waals surface area contributed by atoms with E-state index in [2.05, 4.69) is 60.7 Å². The van der Waals surface area contributed by atoms with E-state index in [0.717, 1.165) is 6.42 Å². The van der Waals surface area contributed by atoms with Crippen molar-refractivity contribution >= 4 is 33.7 Å². The Labute approximate surface area is 201 Å². The van der Waals surface area contributed by atoms with Gasteiger partial charge < -0.3 is 0 Å². The van der Waals surface area contributed by atoms with Crippen molar-refractivity contribution in [1.29, 1.82) is 0 Å². The lowest BCUT2D eigenvalue weighted by Gasteiger charge is -2.29. The minimum absolute atomic E-state index is 0.666. The summed E-state index contributed by atoms with van der Waals surface area (Å²) in [6.07, 6.45) is 14.8. The van der Waals surface area contributed by atoms with Crippen molar-refractivity contribution in [2.45, 2.75) is 51.4 Å². The van der Waals surface area contributed by atoms with Crippen LogP contribution in [0.4, 0.5) is 0 Å². The lowest BCUT2D eigenvalue weighted by atomic mass is 9.75. The van der Waals surface area contributed by atoms with Crippen molar-refractivity contribution in [3.63, 3.8) is 0 Å². The summed E-state index contributed by atoms with van der Waals surface area (Å²) in [4.78, 5) is 0. The van der Waals surface area contributed by atoms with E-state index in [0.29, 0.717) is 11.8 Å². The molecule has 0 spiro atoms. The summed E-state index contributed by atoms with van der Waals surface area (Å²) in [5, 5.41) is 5.71. The third kappa shape index (κ3) is 2.49. The van der Waals surface area contributed by atoms with Crippen LogP contribution in [0.2, 0.25) is 0 Å². The summed E-state index contributed by atoms with van der Waals surface area (Å²) in [7, 11) is 0. The molecule has 0 saturated carbocycles. The molecule has 0 aliphatic heterocycles. The number of rotatable bonds is 0. The molecule has 0 amide bonds. The normalized spacial score (nSPS) is 23.3. The molecule has 8 rings (SSSR count). The van der Waals surface area contributed by atoms with Crippen molar-refractivity contribution in [1.82, 2.24) is 0 Å². The Kier molecular flexibility index (Phi) is 3.38. The van der Waals surface area contributed by atoms with E-state index in [-0.39, 0.29) is 0 Å². The van der Waals surface area contributed by atoms with Crippen molar-refractivity contribution in [2.24, 2.45) is 11.8 Å². The molecule has 0 nitrogen and oxygen atoms in total. The largest absolute Gasteiger partial charge is 0.0655 e. The van der Waals surface area contributed by atoms with Crippen LogP contribution in [-0.4, -0.2) is 0 Å². The summed E-state index contributed by atoms with van der Waals surface area (Å²) in [6, 6.07) is 20.2. The second kappa shape index (κ2) is 6.30. The second-order valence-corrected chi connectivity index (χ2v) is 11.7. The highest BCUT2D eigenvalue weighted by molar-refractivity contribution is 5.99. The molecule has 0 radical (unpaired) electrons. The van der Waals surface area contributed by atoms with Gasteiger partial charge in [0.05, 0.1) is 0 Å². The molecule has 0 bridgehead atoms. The molecular formula is C34H28. The third-order valence-corrected chi connectivity index (χ3v) is 9.80. The van der Waals surface area contributed by atoms with Gasteiger partial charge in [-0.1, -0.05) is 53.6 Å². The lowest BCUT2D eigenvalue weighted by Crippen LogP contribution is -2.18. The molecule has 0 heteroatoms. The molecule has 4 aliphatic rings. The quantitative estimate of drug-likeness (QED) is 0.247. The zero-order valence-electron chi connectivity index (χ0n) is 19.6. The van der Waals surface area contributed by atoms with Crippen LogP contribution in [0.3, 0.4) is 0 Å². The Morgan fingerprint density at radius 3 is 1.85 bits per heavy atom. The molecule has 4 aromatic rings. The first-order chi connectivity index (χ1) is 16.7. The monoisotopic (exact) mass is 436 g/mol. The lowest BCUT2D eigenvalue weighted by molar-refractivity contribution is 0.553. The zero-order valence-corrected chi connectivity index (χ0v) is 19.6. The Bertz CT molecular complexity index is 1660. The van der Waals surface area contributed by atoms with Crippen LogP contribution in [0.5, 0.6) is 0 Å². The van der Waals surface area contributed by atoms with Gasteiger partial charge in [-0.2, -0.15) is 0 Å². The van der Waals surface area contributed by atoms with Crippen LogP contribution >= 0.6 is 0 Å². The highest BCUT2D eigenvalue weighted by Gasteiger charge is 2.30. The smallest absolute Gasteiger partial charge is 0.00579 e. The first-order valence-electron chi connectivity index (χ1n) is 13.3. The highest BCUT2D eigenvalue weighted by atomic mass is 14.3. The van der Waals surface area contributed by atoms with E-state index in [4.69, 9.17) is 0 Å². The van der Waals surface area contributed by atoms with Gasteiger partial charge in [0.15, 0.2) is 0 Å². The summed E-state index contributed by atoms with van der Waals surface area (Å²) >= 11 is 0. The van der Waals surface area contributed by atoms with Crippen molar-refractivity contribution < 1.29 is 0 Å². The van der Waals surface area contributed by atoms with Gasteiger partial charge in [-0.3, -0.25) is 0 Å². The first-order valence-corrected chi connectivity index (χ1v) is 13.3. The Morgan fingerprint density at radius 2 is 1.06 bits per heavy atom. The summed E-state index contributed by atoms with van der Waals surface area (Å²) in [5.74, 6) is 1.37. The van der Waals surface area contributed by atoms with Crippen molar-refractivity contribution in [2.75, 3.05) is 0 Å². The van der Waals surface area contributed by atoms with E-state index in [1.807, 2.05) is 0 Å². The van der Waals surface area contributed by atoms with Gasteiger partial charge in [0.1, 0.15) is 0 Å². The predicted octanol–water partition coefficient (Wildman–Crippen LogP) is 7.80. The van der Waals surface area contributed by atoms with Crippen LogP contribution in [0.1, 0.15) is 57.3 Å². The topological polar surface area (TPSA) is 0 Å². The zero-order chi connectivity index (χ0) is 22.0. The third-order valence-electron chi connectivity index (χ3n) is 9.80. The maximum atomic E-state index is 2.60. The molecule has 4 aromatic carbocycles. The number of hydrogen-bond donors (Lipinski definition) is 0. The van der Waals surface area contributed by atoms with Gasteiger partial charge in [-0.25, -0.2) is 0 Å². The van der Waals surface area contributed by atoms with Crippen LogP contribution in [0.15, 0.2) is 59.7 Å². The second-order valence-electron chi connectivity index (χ2n) is 11.7. The molecule has 2 atom stereocenters. The Morgan fingerprint density at radius 1 is 0.441 bits per heavy atom. The average Bonchev–Trinajstić information content (AvgIpc) is 3.10. The maximum Gasteiger partial charge on any atom is -0.00579 e. The van der Waals surface area contributed by atoms with Crippen LogP contribution in [-0.2, 0) is 38.5 Å². The van der Waals surface area contributed by atoms with Gasteiger partial charge in [-0.05, 0) is 147 Å². The van der Waals surface area contributed by atoms with E-state index in [9.17, 15) is 0 Å².